The van der Waals surface area contributed by atoms with Gasteiger partial charge in [0.05, 0.1) is 38.8 Å². The molecule has 1 aromatic carbocycles. The molecule has 0 spiro atoms. The molecule has 0 fully saturated rings. The van der Waals surface area contributed by atoms with Gasteiger partial charge >= 0.3 is 15.2 Å². The lowest BCUT2D eigenvalue weighted by Gasteiger charge is -2.22. The zero-order valence-electron chi connectivity index (χ0n) is 18.7. The van der Waals surface area contributed by atoms with Gasteiger partial charge in [-0.1, -0.05) is 30.3 Å². The monoisotopic (exact) mass is 482 g/mol. The van der Waals surface area contributed by atoms with Gasteiger partial charge in [-0.15, -0.1) is 0 Å². The summed E-state index contributed by atoms with van der Waals surface area (Å²) in [5.74, 6) is 0. The summed E-state index contributed by atoms with van der Waals surface area (Å²) in [7, 11) is -9.13. The first-order valence-electron chi connectivity index (χ1n) is 10.7. The van der Waals surface area contributed by atoms with Crippen LogP contribution in [-0.4, -0.2) is 51.1 Å². The van der Waals surface area contributed by atoms with Gasteiger partial charge in [0.2, 0.25) is 0 Å². The van der Waals surface area contributed by atoms with Crippen molar-refractivity contribution in [2.75, 3.05) is 51.1 Å². The first-order chi connectivity index (χ1) is 14.3. The van der Waals surface area contributed by atoms with Gasteiger partial charge in [0, 0.05) is 17.6 Å². The number of benzene rings is 1. The third-order valence-corrected chi connectivity index (χ3v) is 12.1. The Morgan fingerprint density at radius 1 is 0.600 bits per heavy atom. The summed E-state index contributed by atoms with van der Waals surface area (Å²) in [5.41, 5.74) is 0. The third kappa shape index (κ3) is 9.49. The highest BCUT2D eigenvalue weighted by Gasteiger charge is 2.30. The predicted octanol–water partition coefficient (Wildman–Crippen LogP) is 5.99. The lowest BCUT2D eigenvalue weighted by Crippen LogP contribution is -2.13. The van der Waals surface area contributed by atoms with E-state index in [0.29, 0.717) is 51.6 Å². The molecule has 0 saturated heterocycles. The SMILES string of the molecule is CCOP(=O)(CCCP(=O)(CCCP(=O)(OCC)OCC)c1ccccc1)OCC. The molecule has 10 heteroatoms. The normalized spacial score (nSPS) is 12.9. The molecule has 0 amide bonds. The molecule has 0 atom stereocenters. The van der Waals surface area contributed by atoms with Crippen LogP contribution >= 0.6 is 22.3 Å². The van der Waals surface area contributed by atoms with Gasteiger partial charge < -0.3 is 22.7 Å². The largest absolute Gasteiger partial charge is 0.330 e. The Morgan fingerprint density at radius 2 is 0.967 bits per heavy atom. The second kappa shape index (κ2) is 14.0. The Hall–Kier alpha value is -0.250. The minimum absolute atomic E-state index is 0.224. The Morgan fingerprint density at radius 3 is 1.30 bits per heavy atom. The lowest BCUT2D eigenvalue weighted by atomic mass is 10.4. The van der Waals surface area contributed by atoms with E-state index in [9.17, 15) is 13.7 Å². The molecule has 30 heavy (non-hydrogen) atoms. The molecule has 0 unspecified atom stereocenters. The Kier molecular flexibility index (Phi) is 13.0. The van der Waals surface area contributed by atoms with Gasteiger partial charge in [0.25, 0.3) is 0 Å². The van der Waals surface area contributed by atoms with Crippen molar-refractivity contribution in [2.45, 2.75) is 40.5 Å². The van der Waals surface area contributed by atoms with Crippen LogP contribution in [0.15, 0.2) is 30.3 Å². The maximum absolute atomic E-state index is 13.9. The molecule has 1 aromatic rings. The standard InChI is InChI=1S/C20H37O7P3/c1-5-24-29(22,25-6-2)18-12-16-28(21,20-14-10-9-11-15-20)17-13-19-30(23,26-7-3)27-8-4/h9-11,14-15H,5-8,12-13,16-19H2,1-4H3. The van der Waals surface area contributed by atoms with Crippen molar-refractivity contribution in [1.29, 1.82) is 0 Å². The summed E-state index contributed by atoms with van der Waals surface area (Å²) in [6.07, 6.45) is 2.13. The average Bonchev–Trinajstić information content (AvgIpc) is 2.69. The summed E-state index contributed by atoms with van der Waals surface area (Å²) >= 11 is 0. The fraction of sp³-hybridized carbons (Fsp3) is 0.700. The quantitative estimate of drug-likeness (QED) is 0.252. The van der Waals surface area contributed by atoms with Crippen molar-refractivity contribution in [3.05, 3.63) is 30.3 Å². The summed E-state index contributed by atoms with van der Waals surface area (Å²) in [6, 6.07) is 9.31. The average molecular weight is 482 g/mol. The summed E-state index contributed by atoms with van der Waals surface area (Å²) < 4.78 is 60.7. The van der Waals surface area contributed by atoms with Crippen LogP contribution in [0, 0.1) is 0 Å². The van der Waals surface area contributed by atoms with E-state index in [0.717, 1.165) is 5.30 Å². The zero-order valence-corrected chi connectivity index (χ0v) is 21.3. The van der Waals surface area contributed by atoms with E-state index in [1.807, 2.05) is 30.3 Å². The van der Waals surface area contributed by atoms with Crippen LogP contribution < -0.4 is 5.30 Å². The zero-order chi connectivity index (χ0) is 22.5. The molecule has 0 bridgehead atoms. The Bertz CT molecular complexity index is 679. The second-order valence-electron chi connectivity index (χ2n) is 6.72. The van der Waals surface area contributed by atoms with Crippen LogP contribution in [-0.2, 0) is 31.8 Å². The Labute approximate surface area is 181 Å². The van der Waals surface area contributed by atoms with E-state index >= 15 is 0 Å². The molecule has 1 rings (SSSR count). The topological polar surface area (TPSA) is 88.1 Å². The smallest absolute Gasteiger partial charge is 0.319 e. The molecule has 0 aromatic heterocycles. The minimum Gasteiger partial charge on any atom is -0.319 e. The maximum atomic E-state index is 13.9. The van der Waals surface area contributed by atoms with Crippen LogP contribution in [0.2, 0.25) is 0 Å². The van der Waals surface area contributed by atoms with Crippen molar-refractivity contribution in [1.82, 2.24) is 0 Å². The molecule has 174 valence electrons. The second-order valence-corrected chi connectivity index (χ2v) is 14.3. The van der Waals surface area contributed by atoms with E-state index < -0.39 is 22.3 Å². The van der Waals surface area contributed by atoms with E-state index in [2.05, 4.69) is 0 Å². The first kappa shape index (κ1) is 27.8. The van der Waals surface area contributed by atoms with Crippen LogP contribution in [0.3, 0.4) is 0 Å². The highest BCUT2D eigenvalue weighted by atomic mass is 31.2. The molecule has 0 N–H and O–H groups in total. The molecular weight excluding hydrogens is 445 g/mol. The molecule has 0 saturated carbocycles. The molecule has 0 heterocycles. The molecule has 7 nitrogen and oxygen atoms in total. The van der Waals surface area contributed by atoms with Gasteiger partial charge in [-0.2, -0.15) is 0 Å². The van der Waals surface area contributed by atoms with Crippen molar-refractivity contribution < 1.29 is 31.8 Å². The summed E-state index contributed by atoms with van der Waals surface area (Å²) in [5, 5.41) is 0.773. The van der Waals surface area contributed by atoms with Gasteiger partial charge in [-0.05, 0) is 40.5 Å². The predicted molar refractivity (Wildman–Crippen MR) is 124 cm³/mol. The van der Waals surface area contributed by atoms with Gasteiger partial charge in [0.15, 0.2) is 0 Å². The van der Waals surface area contributed by atoms with Crippen molar-refractivity contribution in [2.24, 2.45) is 0 Å². The van der Waals surface area contributed by atoms with E-state index in [1.54, 1.807) is 27.7 Å². The van der Waals surface area contributed by atoms with Gasteiger partial charge in [-0.3, -0.25) is 9.13 Å². The number of rotatable bonds is 17. The van der Waals surface area contributed by atoms with E-state index in [4.69, 9.17) is 18.1 Å². The first-order valence-corrected chi connectivity index (χ1v) is 16.2. The van der Waals surface area contributed by atoms with E-state index in [-0.39, 0.29) is 12.3 Å². The van der Waals surface area contributed by atoms with Crippen molar-refractivity contribution in [3.63, 3.8) is 0 Å². The number of hydrogen-bond acceptors (Lipinski definition) is 7. The van der Waals surface area contributed by atoms with Gasteiger partial charge in [-0.25, -0.2) is 0 Å². The highest BCUT2D eigenvalue weighted by Crippen LogP contribution is 2.54. The van der Waals surface area contributed by atoms with Crippen molar-refractivity contribution in [3.8, 4) is 0 Å². The van der Waals surface area contributed by atoms with E-state index in [1.165, 1.54) is 0 Å². The molecule has 0 aliphatic carbocycles. The molecular formula is C20H37O7P3. The molecule has 0 aliphatic heterocycles. The minimum atomic E-state index is -3.17. The number of hydrogen-bond donors (Lipinski definition) is 0. The highest BCUT2D eigenvalue weighted by molar-refractivity contribution is 7.71. The van der Waals surface area contributed by atoms with Gasteiger partial charge in [0.1, 0.15) is 7.14 Å². The van der Waals surface area contributed by atoms with Crippen molar-refractivity contribution >= 4 is 27.6 Å². The molecule has 0 radical (unpaired) electrons. The third-order valence-electron chi connectivity index (χ3n) is 4.43. The molecule has 0 aliphatic rings. The summed E-state index contributed by atoms with van der Waals surface area (Å²) in [6.45, 7) is 8.31. The fourth-order valence-electron chi connectivity index (χ4n) is 3.23. The van der Waals surface area contributed by atoms with Crippen LogP contribution in [0.25, 0.3) is 0 Å². The van der Waals surface area contributed by atoms with Crippen LogP contribution in [0.5, 0.6) is 0 Å². The lowest BCUT2D eigenvalue weighted by molar-refractivity contribution is 0.219. The van der Waals surface area contributed by atoms with Crippen LogP contribution in [0.1, 0.15) is 40.5 Å². The van der Waals surface area contributed by atoms with Crippen LogP contribution in [0.4, 0.5) is 0 Å². The Balaban J connectivity index is 2.86. The summed E-state index contributed by atoms with van der Waals surface area (Å²) in [4.78, 5) is 0. The fourth-order valence-corrected chi connectivity index (χ4v) is 9.85. The maximum Gasteiger partial charge on any atom is 0.330 e.